The Morgan fingerprint density at radius 3 is 2.68 bits per heavy atom. The van der Waals surface area contributed by atoms with Crippen LogP contribution < -0.4 is 4.74 Å². The Kier molecular flexibility index (Phi) is 6.26. The highest BCUT2D eigenvalue weighted by atomic mass is 16.5. The number of nitrogens with zero attached hydrogens (tertiary/aromatic N) is 3. The first kappa shape index (κ1) is 17.7. The smallest absolute Gasteiger partial charge is 0.240 e. The first-order valence-electron chi connectivity index (χ1n) is 9.01. The van der Waals surface area contributed by atoms with Crippen molar-refractivity contribution in [3.05, 3.63) is 29.8 Å². The lowest BCUT2D eigenvalue weighted by Crippen LogP contribution is -2.54. The Morgan fingerprint density at radius 1 is 1.20 bits per heavy atom. The number of morpholine rings is 1. The molecule has 0 aromatic heterocycles. The van der Waals surface area contributed by atoms with Crippen molar-refractivity contribution >= 4 is 5.91 Å². The summed E-state index contributed by atoms with van der Waals surface area (Å²) in [6.45, 7) is 4.90. The molecule has 6 nitrogen and oxygen atoms in total. The summed E-state index contributed by atoms with van der Waals surface area (Å²) in [6.07, 6.45) is 3.16. The van der Waals surface area contributed by atoms with Gasteiger partial charge in [-0.3, -0.25) is 9.69 Å². The van der Waals surface area contributed by atoms with Gasteiger partial charge >= 0.3 is 0 Å². The van der Waals surface area contributed by atoms with E-state index in [2.05, 4.69) is 11.0 Å². The summed E-state index contributed by atoms with van der Waals surface area (Å²) in [5, 5.41) is 8.82. The number of benzene rings is 1. The second kappa shape index (κ2) is 8.84. The van der Waals surface area contributed by atoms with Crippen LogP contribution in [0.3, 0.4) is 0 Å². The highest BCUT2D eigenvalue weighted by Crippen LogP contribution is 2.20. The van der Waals surface area contributed by atoms with E-state index in [1.165, 1.54) is 0 Å². The van der Waals surface area contributed by atoms with Crippen molar-refractivity contribution in [2.45, 2.75) is 25.3 Å². The lowest BCUT2D eigenvalue weighted by molar-refractivity contribution is -0.142. The molecule has 2 heterocycles. The van der Waals surface area contributed by atoms with Gasteiger partial charge in [0.1, 0.15) is 12.4 Å². The topological polar surface area (TPSA) is 65.8 Å². The molecule has 2 aliphatic heterocycles. The van der Waals surface area contributed by atoms with Crippen LogP contribution in [0.4, 0.5) is 0 Å². The highest BCUT2D eigenvalue weighted by Gasteiger charge is 2.32. The normalized spacial score (nSPS) is 21.6. The van der Waals surface area contributed by atoms with Gasteiger partial charge in [-0.25, -0.2) is 0 Å². The van der Waals surface area contributed by atoms with E-state index >= 15 is 0 Å². The zero-order chi connectivity index (χ0) is 17.5. The van der Waals surface area contributed by atoms with Crippen molar-refractivity contribution in [1.82, 2.24) is 9.80 Å². The lowest BCUT2D eigenvalue weighted by Gasteiger charge is -2.38. The van der Waals surface area contributed by atoms with Gasteiger partial charge in [0, 0.05) is 19.6 Å². The summed E-state index contributed by atoms with van der Waals surface area (Å²) >= 11 is 0. The molecule has 0 bridgehead atoms. The largest absolute Gasteiger partial charge is 0.492 e. The molecule has 0 saturated carbocycles. The molecule has 0 N–H and O–H groups in total. The zero-order valence-electron chi connectivity index (χ0n) is 14.5. The van der Waals surface area contributed by atoms with Gasteiger partial charge in [-0.1, -0.05) is 6.42 Å². The van der Waals surface area contributed by atoms with E-state index in [4.69, 9.17) is 14.7 Å². The number of nitriles is 1. The van der Waals surface area contributed by atoms with Crippen LogP contribution in [0.25, 0.3) is 0 Å². The number of carbonyl (C=O) groups is 1. The van der Waals surface area contributed by atoms with Gasteiger partial charge in [0.05, 0.1) is 30.9 Å². The minimum atomic E-state index is -0.0311. The second-order valence-electron chi connectivity index (χ2n) is 6.47. The van der Waals surface area contributed by atoms with Gasteiger partial charge in [0.2, 0.25) is 5.91 Å². The summed E-state index contributed by atoms with van der Waals surface area (Å²) in [5.74, 6) is 0.994. The third-order valence-electron chi connectivity index (χ3n) is 4.85. The molecule has 0 radical (unpaired) electrons. The number of ether oxygens (including phenoxy) is 2. The molecule has 2 fully saturated rings. The standard InChI is InChI=1S/C19H25N3O3/c20-15-16-4-6-17(7-5-16)25-14-11-21-8-2-1-3-18(21)19(23)22-9-12-24-13-10-22/h4-7,18H,1-3,8-14H2/t18-/m0/s1. The van der Waals surface area contributed by atoms with Gasteiger partial charge < -0.3 is 14.4 Å². The Labute approximate surface area is 148 Å². The van der Waals surface area contributed by atoms with E-state index in [9.17, 15) is 4.79 Å². The molecule has 3 rings (SSSR count). The molecule has 25 heavy (non-hydrogen) atoms. The van der Waals surface area contributed by atoms with Crippen LogP contribution in [0, 0.1) is 11.3 Å². The molecule has 1 aromatic carbocycles. The van der Waals surface area contributed by atoms with E-state index < -0.39 is 0 Å². The quantitative estimate of drug-likeness (QED) is 0.813. The average Bonchev–Trinajstić information content (AvgIpc) is 2.69. The maximum Gasteiger partial charge on any atom is 0.240 e. The summed E-state index contributed by atoms with van der Waals surface area (Å²) in [6, 6.07) is 9.19. The fraction of sp³-hybridized carbons (Fsp3) is 0.579. The Bertz CT molecular complexity index is 605. The number of rotatable bonds is 5. The molecule has 1 atom stereocenters. The molecule has 2 saturated heterocycles. The van der Waals surface area contributed by atoms with Crippen LogP contribution in [0.15, 0.2) is 24.3 Å². The second-order valence-corrected chi connectivity index (χ2v) is 6.47. The van der Waals surface area contributed by atoms with Gasteiger partial charge in [0.15, 0.2) is 0 Å². The van der Waals surface area contributed by atoms with Crippen LogP contribution in [0.1, 0.15) is 24.8 Å². The SMILES string of the molecule is N#Cc1ccc(OCCN2CCCC[C@H]2C(=O)N2CCOCC2)cc1. The summed E-state index contributed by atoms with van der Waals surface area (Å²) in [5.41, 5.74) is 0.625. The van der Waals surface area contributed by atoms with Crippen LogP contribution in [-0.2, 0) is 9.53 Å². The van der Waals surface area contributed by atoms with Crippen LogP contribution in [-0.4, -0.2) is 67.7 Å². The number of hydrogen-bond acceptors (Lipinski definition) is 5. The van der Waals surface area contributed by atoms with E-state index in [1.807, 2.05) is 17.0 Å². The first-order chi connectivity index (χ1) is 12.3. The maximum atomic E-state index is 12.8. The van der Waals surface area contributed by atoms with E-state index in [-0.39, 0.29) is 11.9 Å². The molecular weight excluding hydrogens is 318 g/mol. The first-order valence-corrected chi connectivity index (χ1v) is 9.01. The third-order valence-corrected chi connectivity index (χ3v) is 4.85. The van der Waals surface area contributed by atoms with Crippen LogP contribution in [0.5, 0.6) is 5.75 Å². The number of likely N-dealkylation sites (tertiary alicyclic amines) is 1. The van der Waals surface area contributed by atoms with E-state index in [1.54, 1.807) is 12.1 Å². The molecular formula is C19H25N3O3. The van der Waals surface area contributed by atoms with Gasteiger partial charge in [0.25, 0.3) is 0 Å². The lowest BCUT2D eigenvalue weighted by atomic mass is 10.0. The molecule has 6 heteroatoms. The number of piperidine rings is 1. The van der Waals surface area contributed by atoms with Crippen LogP contribution in [0.2, 0.25) is 0 Å². The molecule has 0 aliphatic carbocycles. The monoisotopic (exact) mass is 343 g/mol. The minimum Gasteiger partial charge on any atom is -0.492 e. The van der Waals surface area contributed by atoms with Crippen molar-refractivity contribution in [2.24, 2.45) is 0 Å². The Morgan fingerprint density at radius 2 is 1.96 bits per heavy atom. The maximum absolute atomic E-state index is 12.8. The zero-order valence-corrected chi connectivity index (χ0v) is 14.5. The van der Waals surface area contributed by atoms with Crippen molar-refractivity contribution < 1.29 is 14.3 Å². The molecule has 0 unspecified atom stereocenters. The third kappa shape index (κ3) is 4.71. The molecule has 134 valence electrons. The Hall–Kier alpha value is -2.10. The van der Waals surface area contributed by atoms with Crippen molar-refractivity contribution in [3.63, 3.8) is 0 Å². The van der Waals surface area contributed by atoms with E-state index in [0.717, 1.165) is 38.1 Å². The van der Waals surface area contributed by atoms with Crippen molar-refractivity contribution in [3.8, 4) is 11.8 Å². The summed E-state index contributed by atoms with van der Waals surface area (Å²) < 4.78 is 11.1. The predicted octanol–water partition coefficient (Wildman–Crippen LogP) is 1.65. The predicted molar refractivity (Wildman–Crippen MR) is 93.3 cm³/mol. The fourth-order valence-corrected chi connectivity index (χ4v) is 3.44. The number of amides is 1. The van der Waals surface area contributed by atoms with E-state index in [0.29, 0.717) is 38.5 Å². The Balaban J connectivity index is 1.51. The number of carbonyl (C=O) groups excluding carboxylic acids is 1. The van der Waals surface area contributed by atoms with Gasteiger partial charge in [-0.15, -0.1) is 0 Å². The molecule has 2 aliphatic rings. The van der Waals surface area contributed by atoms with Gasteiger partial charge in [-0.05, 0) is 43.7 Å². The number of hydrogen-bond donors (Lipinski definition) is 0. The summed E-state index contributed by atoms with van der Waals surface area (Å²) in [4.78, 5) is 17.0. The fourth-order valence-electron chi connectivity index (χ4n) is 3.44. The molecule has 0 spiro atoms. The summed E-state index contributed by atoms with van der Waals surface area (Å²) in [7, 11) is 0. The van der Waals surface area contributed by atoms with Crippen molar-refractivity contribution in [1.29, 1.82) is 5.26 Å². The molecule has 1 amide bonds. The van der Waals surface area contributed by atoms with Crippen LogP contribution >= 0.6 is 0 Å². The van der Waals surface area contributed by atoms with Gasteiger partial charge in [-0.2, -0.15) is 5.26 Å². The minimum absolute atomic E-state index is 0.0311. The highest BCUT2D eigenvalue weighted by molar-refractivity contribution is 5.82. The van der Waals surface area contributed by atoms with Crippen molar-refractivity contribution in [2.75, 3.05) is 46.0 Å². The average molecular weight is 343 g/mol. The molecule has 1 aromatic rings.